The van der Waals surface area contributed by atoms with Crippen LogP contribution in [0.4, 0.5) is 0 Å². The molecule has 1 saturated heterocycles. The molecule has 2 unspecified atom stereocenters. The van der Waals surface area contributed by atoms with E-state index in [2.05, 4.69) is 11.9 Å². The van der Waals surface area contributed by atoms with Gasteiger partial charge in [0.25, 0.3) is 0 Å². The third-order valence-electron chi connectivity index (χ3n) is 3.94. The quantitative estimate of drug-likeness (QED) is 0.851. The second-order valence-corrected chi connectivity index (χ2v) is 6.89. The molecular weight excluding hydrogens is 264 g/mol. The molecule has 116 valence electrons. The number of nitrogens with two attached hydrogens (primary N) is 1. The highest BCUT2D eigenvalue weighted by molar-refractivity contribution is 5.89. The van der Waals surface area contributed by atoms with Crippen LogP contribution in [0.2, 0.25) is 0 Å². The lowest BCUT2D eigenvalue weighted by molar-refractivity contribution is 0.00695. The van der Waals surface area contributed by atoms with Gasteiger partial charge in [0.2, 0.25) is 0 Å². The van der Waals surface area contributed by atoms with Gasteiger partial charge in [-0.1, -0.05) is 12.1 Å². The summed E-state index contributed by atoms with van der Waals surface area (Å²) in [7, 11) is 2.06. The zero-order valence-electron chi connectivity index (χ0n) is 13.4. The highest BCUT2D eigenvalue weighted by atomic mass is 16.6. The first kappa shape index (κ1) is 16.0. The largest absolute Gasteiger partial charge is 0.456 e. The molecule has 0 spiro atoms. The van der Waals surface area contributed by atoms with Gasteiger partial charge in [0.05, 0.1) is 11.7 Å². The van der Waals surface area contributed by atoms with Crippen molar-refractivity contribution in [2.45, 2.75) is 51.3 Å². The molecule has 0 saturated carbocycles. The van der Waals surface area contributed by atoms with Crippen molar-refractivity contribution in [1.82, 2.24) is 4.90 Å². The summed E-state index contributed by atoms with van der Waals surface area (Å²) in [6, 6.07) is 7.77. The minimum Gasteiger partial charge on any atom is -0.456 e. The minimum absolute atomic E-state index is 0.120. The third-order valence-corrected chi connectivity index (χ3v) is 3.94. The van der Waals surface area contributed by atoms with Crippen LogP contribution in [0.5, 0.6) is 0 Å². The van der Waals surface area contributed by atoms with E-state index in [0.29, 0.717) is 11.5 Å². The van der Waals surface area contributed by atoms with Crippen LogP contribution in [0, 0.1) is 0 Å². The fourth-order valence-corrected chi connectivity index (χ4v) is 2.65. The normalized spacial score (nSPS) is 23.9. The molecular formula is C17H26N2O2. The van der Waals surface area contributed by atoms with Gasteiger partial charge in [0, 0.05) is 0 Å². The van der Waals surface area contributed by atoms with Crippen molar-refractivity contribution >= 4 is 5.97 Å². The van der Waals surface area contributed by atoms with E-state index in [1.54, 1.807) is 0 Å². The number of rotatable bonds is 2. The van der Waals surface area contributed by atoms with Gasteiger partial charge in [-0.15, -0.1) is 0 Å². The van der Waals surface area contributed by atoms with E-state index in [1.165, 1.54) is 5.56 Å². The molecule has 1 fully saturated rings. The van der Waals surface area contributed by atoms with E-state index in [0.717, 1.165) is 19.4 Å². The summed E-state index contributed by atoms with van der Waals surface area (Å²) >= 11 is 0. The van der Waals surface area contributed by atoms with Crippen molar-refractivity contribution in [2.24, 2.45) is 5.73 Å². The molecule has 1 aliphatic rings. The second-order valence-electron chi connectivity index (χ2n) is 6.89. The molecule has 4 nitrogen and oxygen atoms in total. The van der Waals surface area contributed by atoms with E-state index < -0.39 is 5.60 Å². The number of ether oxygens (including phenoxy) is 1. The van der Waals surface area contributed by atoms with E-state index in [1.807, 2.05) is 45.0 Å². The average Bonchev–Trinajstić information content (AvgIpc) is 2.40. The van der Waals surface area contributed by atoms with Crippen LogP contribution in [0.25, 0.3) is 0 Å². The zero-order valence-corrected chi connectivity index (χ0v) is 13.4. The number of carbonyl (C=O) groups is 1. The molecule has 0 bridgehead atoms. The number of benzene rings is 1. The number of hydrogen-bond donors (Lipinski definition) is 1. The molecule has 21 heavy (non-hydrogen) atoms. The summed E-state index contributed by atoms with van der Waals surface area (Å²) in [6.07, 6.45) is 2.19. The lowest BCUT2D eigenvalue weighted by Crippen LogP contribution is -2.44. The first-order chi connectivity index (χ1) is 9.76. The summed E-state index contributed by atoms with van der Waals surface area (Å²) in [5.41, 5.74) is 7.50. The van der Waals surface area contributed by atoms with Crippen molar-refractivity contribution in [1.29, 1.82) is 0 Å². The molecule has 4 heteroatoms. The van der Waals surface area contributed by atoms with E-state index in [4.69, 9.17) is 10.5 Å². The van der Waals surface area contributed by atoms with Crippen LogP contribution < -0.4 is 5.73 Å². The average molecular weight is 290 g/mol. The van der Waals surface area contributed by atoms with E-state index in [-0.39, 0.29) is 12.1 Å². The van der Waals surface area contributed by atoms with Gasteiger partial charge in [-0.2, -0.15) is 0 Å². The number of hydrogen-bond acceptors (Lipinski definition) is 4. The molecule has 0 radical (unpaired) electrons. The van der Waals surface area contributed by atoms with Crippen molar-refractivity contribution in [3.05, 3.63) is 35.4 Å². The van der Waals surface area contributed by atoms with E-state index >= 15 is 0 Å². The van der Waals surface area contributed by atoms with Gasteiger partial charge in [-0.3, -0.25) is 4.90 Å². The Hall–Kier alpha value is -1.39. The van der Waals surface area contributed by atoms with Crippen molar-refractivity contribution in [3.8, 4) is 0 Å². The fourth-order valence-electron chi connectivity index (χ4n) is 2.65. The number of nitrogens with zero attached hydrogens (tertiary/aromatic N) is 1. The predicted octanol–water partition coefficient (Wildman–Crippen LogP) is 2.74. The summed E-state index contributed by atoms with van der Waals surface area (Å²) < 4.78 is 5.37. The molecule has 1 heterocycles. The maximum absolute atomic E-state index is 12.0. The lowest BCUT2D eigenvalue weighted by atomic mass is 9.88. The van der Waals surface area contributed by atoms with Crippen LogP contribution in [-0.4, -0.2) is 36.2 Å². The van der Waals surface area contributed by atoms with Crippen molar-refractivity contribution in [2.75, 3.05) is 13.6 Å². The molecule has 0 amide bonds. The number of carbonyl (C=O) groups excluding carboxylic acids is 1. The van der Waals surface area contributed by atoms with Gasteiger partial charge in [-0.25, -0.2) is 4.79 Å². The van der Waals surface area contributed by atoms with Gasteiger partial charge in [0.1, 0.15) is 5.60 Å². The number of piperidine rings is 1. The monoisotopic (exact) mass is 290 g/mol. The molecule has 0 aliphatic carbocycles. The summed E-state index contributed by atoms with van der Waals surface area (Å²) in [5, 5.41) is 0. The smallest absolute Gasteiger partial charge is 0.338 e. The topological polar surface area (TPSA) is 55.6 Å². The Balaban J connectivity index is 2.04. The molecule has 1 aromatic rings. The predicted molar refractivity (Wildman–Crippen MR) is 84.2 cm³/mol. The highest BCUT2D eigenvalue weighted by Crippen LogP contribution is 2.29. The number of esters is 1. The van der Waals surface area contributed by atoms with Crippen molar-refractivity contribution < 1.29 is 9.53 Å². The Morgan fingerprint density at radius 1 is 1.29 bits per heavy atom. The molecule has 1 aromatic carbocycles. The second kappa shape index (κ2) is 6.16. The van der Waals surface area contributed by atoms with E-state index in [9.17, 15) is 4.79 Å². The fraction of sp³-hybridized carbons (Fsp3) is 0.588. The van der Waals surface area contributed by atoms with Crippen LogP contribution in [0.15, 0.2) is 24.3 Å². The Bertz CT molecular complexity index is 491. The van der Waals surface area contributed by atoms with Crippen molar-refractivity contribution in [3.63, 3.8) is 0 Å². The molecule has 2 rings (SSSR count). The van der Waals surface area contributed by atoms with Gasteiger partial charge in [-0.05, 0) is 70.8 Å². The summed E-state index contributed by atoms with van der Waals surface area (Å²) in [4.78, 5) is 14.2. The molecule has 0 aromatic heterocycles. The van der Waals surface area contributed by atoms with Gasteiger partial charge >= 0.3 is 5.97 Å². The Morgan fingerprint density at radius 2 is 1.90 bits per heavy atom. The van der Waals surface area contributed by atoms with Gasteiger partial charge in [0.15, 0.2) is 0 Å². The first-order valence-electron chi connectivity index (χ1n) is 7.55. The summed E-state index contributed by atoms with van der Waals surface area (Å²) in [6.45, 7) is 6.64. The highest BCUT2D eigenvalue weighted by Gasteiger charge is 2.24. The maximum Gasteiger partial charge on any atom is 0.338 e. The van der Waals surface area contributed by atoms with Crippen LogP contribution in [0.1, 0.15) is 55.5 Å². The minimum atomic E-state index is -0.462. The number of likely N-dealkylation sites (tertiary alicyclic amines) is 1. The molecule has 1 aliphatic heterocycles. The molecule has 2 atom stereocenters. The van der Waals surface area contributed by atoms with Crippen LogP contribution in [0.3, 0.4) is 0 Å². The Labute approximate surface area is 127 Å². The lowest BCUT2D eigenvalue weighted by Gasteiger charge is -2.35. The zero-order chi connectivity index (χ0) is 15.6. The van der Waals surface area contributed by atoms with Gasteiger partial charge < -0.3 is 10.5 Å². The maximum atomic E-state index is 12.0. The Kier molecular flexibility index (Phi) is 4.69. The Morgan fingerprint density at radius 3 is 2.43 bits per heavy atom. The third kappa shape index (κ3) is 4.29. The standard InChI is InChI=1S/C17H26N2O2/c1-17(2,3)21-16(20)13-7-5-12(6-8-13)14-9-10-19(4)15(18)11-14/h5-8,14-15H,9-11,18H2,1-4H3. The SMILES string of the molecule is CN1CCC(c2ccc(C(=O)OC(C)(C)C)cc2)CC1N. The van der Waals surface area contributed by atoms with Crippen LogP contribution in [-0.2, 0) is 4.74 Å². The molecule has 2 N–H and O–H groups in total. The van der Waals surface area contributed by atoms with Crippen LogP contribution >= 0.6 is 0 Å². The summed E-state index contributed by atoms with van der Waals surface area (Å²) in [5.74, 6) is 0.206. The first-order valence-corrected chi connectivity index (χ1v) is 7.55.